The number of anilines is 1. The minimum atomic E-state index is -3.81. The molecule has 6 nitrogen and oxygen atoms in total. The van der Waals surface area contributed by atoms with Crippen LogP contribution in [0.25, 0.3) is 0 Å². The first-order valence-corrected chi connectivity index (χ1v) is 12.0. The van der Waals surface area contributed by atoms with Gasteiger partial charge >= 0.3 is 0 Å². The van der Waals surface area contributed by atoms with Crippen LogP contribution in [-0.2, 0) is 14.8 Å². The first kappa shape index (κ1) is 23.2. The van der Waals surface area contributed by atoms with Crippen molar-refractivity contribution in [3.8, 4) is 5.75 Å². The normalized spacial score (nSPS) is 17.5. The molecular weight excluding hydrogens is 471 g/mol. The molecular formula is C20H21Cl3N2O4S. The highest BCUT2D eigenvalue weighted by Gasteiger charge is 2.34. The Hall–Kier alpha value is -1.51. The summed E-state index contributed by atoms with van der Waals surface area (Å²) in [5, 5.41) is 3.59. The molecule has 1 atom stereocenters. The number of rotatable bonds is 6. The average molecular weight is 492 g/mol. The van der Waals surface area contributed by atoms with Gasteiger partial charge in [-0.3, -0.25) is 4.79 Å². The first-order valence-electron chi connectivity index (χ1n) is 9.41. The van der Waals surface area contributed by atoms with Gasteiger partial charge in [0.1, 0.15) is 5.75 Å². The van der Waals surface area contributed by atoms with Gasteiger partial charge in [0, 0.05) is 13.1 Å². The summed E-state index contributed by atoms with van der Waals surface area (Å²) in [4.78, 5) is 12.8. The Morgan fingerprint density at radius 2 is 1.87 bits per heavy atom. The maximum atomic E-state index is 13.1. The fourth-order valence-corrected chi connectivity index (χ4v) is 5.62. The van der Waals surface area contributed by atoms with Crippen LogP contribution in [0.15, 0.2) is 41.3 Å². The van der Waals surface area contributed by atoms with Gasteiger partial charge in [0.25, 0.3) is 0 Å². The molecule has 1 heterocycles. The second kappa shape index (κ2) is 9.75. The van der Waals surface area contributed by atoms with Gasteiger partial charge in [-0.1, -0.05) is 40.9 Å². The monoisotopic (exact) mass is 490 g/mol. The fourth-order valence-electron chi connectivity index (χ4n) is 3.28. The number of ether oxygens (including phenoxy) is 1. The van der Waals surface area contributed by atoms with Gasteiger partial charge in [-0.15, -0.1) is 0 Å². The van der Waals surface area contributed by atoms with Crippen molar-refractivity contribution in [2.24, 2.45) is 5.92 Å². The first-order chi connectivity index (χ1) is 14.2. The Balaban J connectivity index is 1.76. The van der Waals surface area contributed by atoms with Crippen LogP contribution < -0.4 is 10.1 Å². The van der Waals surface area contributed by atoms with Crippen LogP contribution in [0.2, 0.25) is 15.1 Å². The highest BCUT2D eigenvalue weighted by Crippen LogP contribution is 2.33. The van der Waals surface area contributed by atoms with Crippen molar-refractivity contribution in [2.45, 2.75) is 24.7 Å². The summed E-state index contributed by atoms with van der Waals surface area (Å²) < 4.78 is 32.9. The van der Waals surface area contributed by atoms with Crippen molar-refractivity contribution in [1.82, 2.24) is 4.31 Å². The Labute approximate surface area is 191 Å². The lowest BCUT2D eigenvalue weighted by atomic mass is 9.98. The quantitative estimate of drug-likeness (QED) is 0.611. The zero-order valence-electron chi connectivity index (χ0n) is 16.2. The number of sulfonamides is 1. The molecule has 3 rings (SSSR count). The van der Waals surface area contributed by atoms with Gasteiger partial charge in [-0.2, -0.15) is 4.31 Å². The maximum absolute atomic E-state index is 13.1. The van der Waals surface area contributed by atoms with Crippen LogP contribution in [0, 0.1) is 5.92 Å². The molecule has 1 aliphatic rings. The molecule has 1 fully saturated rings. The van der Waals surface area contributed by atoms with Crippen molar-refractivity contribution in [3.05, 3.63) is 51.5 Å². The highest BCUT2D eigenvalue weighted by molar-refractivity contribution is 7.89. The van der Waals surface area contributed by atoms with Crippen LogP contribution in [0.3, 0.4) is 0 Å². The number of carbonyl (C=O) groups excluding carboxylic acids is 1. The predicted molar refractivity (Wildman–Crippen MR) is 119 cm³/mol. The summed E-state index contributed by atoms with van der Waals surface area (Å²) in [5.74, 6) is -0.431. The molecule has 30 heavy (non-hydrogen) atoms. The maximum Gasteiger partial charge on any atom is 0.243 e. The number of piperidine rings is 1. The summed E-state index contributed by atoms with van der Waals surface area (Å²) in [6.45, 7) is 2.62. The number of benzene rings is 2. The topological polar surface area (TPSA) is 75.7 Å². The molecule has 2 aromatic rings. The molecule has 1 aliphatic heterocycles. The SMILES string of the molecule is CCOc1ccc(S(=O)(=O)N2CCC[C@H](C(=O)Nc3c(Cl)cccc3Cl)C2)cc1Cl. The second-order valence-electron chi connectivity index (χ2n) is 6.81. The van der Waals surface area contributed by atoms with E-state index in [4.69, 9.17) is 39.5 Å². The lowest BCUT2D eigenvalue weighted by molar-refractivity contribution is -0.120. The summed E-state index contributed by atoms with van der Waals surface area (Å²) in [5.41, 5.74) is 0.323. The largest absolute Gasteiger partial charge is 0.492 e. The van der Waals surface area contributed by atoms with Gasteiger partial charge in [0.2, 0.25) is 15.9 Å². The van der Waals surface area contributed by atoms with E-state index in [1.54, 1.807) is 18.2 Å². The van der Waals surface area contributed by atoms with Crippen molar-refractivity contribution in [2.75, 3.05) is 25.0 Å². The zero-order valence-corrected chi connectivity index (χ0v) is 19.3. The molecule has 1 amide bonds. The van der Waals surface area contributed by atoms with E-state index >= 15 is 0 Å². The number of nitrogens with zero attached hydrogens (tertiary/aromatic N) is 1. The molecule has 0 spiro atoms. The molecule has 0 aromatic heterocycles. The molecule has 1 saturated heterocycles. The van der Waals surface area contributed by atoms with Gasteiger partial charge in [0.15, 0.2) is 0 Å². The number of halogens is 3. The van der Waals surface area contributed by atoms with Crippen molar-refractivity contribution >= 4 is 56.4 Å². The van der Waals surface area contributed by atoms with E-state index in [1.807, 2.05) is 6.92 Å². The van der Waals surface area contributed by atoms with Gasteiger partial charge in [0.05, 0.1) is 38.2 Å². The fraction of sp³-hybridized carbons (Fsp3) is 0.350. The number of amides is 1. The van der Waals surface area contributed by atoms with E-state index in [9.17, 15) is 13.2 Å². The van der Waals surface area contributed by atoms with Crippen molar-refractivity contribution < 1.29 is 17.9 Å². The van der Waals surface area contributed by atoms with Crippen LogP contribution in [-0.4, -0.2) is 38.3 Å². The highest BCUT2D eigenvalue weighted by atomic mass is 35.5. The van der Waals surface area contributed by atoms with E-state index in [2.05, 4.69) is 5.32 Å². The molecule has 1 N–H and O–H groups in total. The Morgan fingerprint density at radius 1 is 1.17 bits per heavy atom. The number of hydrogen-bond acceptors (Lipinski definition) is 4. The molecule has 2 aromatic carbocycles. The van der Waals surface area contributed by atoms with Crippen molar-refractivity contribution in [1.29, 1.82) is 0 Å². The lowest BCUT2D eigenvalue weighted by Gasteiger charge is -2.31. The number of nitrogens with one attached hydrogen (secondary N) is 1. The van der Waals surface area contributed by atoms with Gasteiger partial charge in [-0.05, 0) is 50.1 Å². The standard InChI is InChI=1S/C20H21Cl3N2O4S/c1-2-29-18-9-8-14(11-17(18)23)30(27,28)25-10-4-5-13(12-25)20(26)24-19-15(21)6-3-7-16(19)22/h3,6-9,11,13H,2,4-5,10,12H2,1H3,(H,24,26)/t13-/m0/s1. The minimum Gasteiger partial charge on any atom is -0.492 e. The summed E-state index contributed by atoms with van der Waals surface area (Å²) >= 11 is 18.4. The van der Waals surface area contributed by atoms with Crippen LogP contribution in [0.4, 0.5) is 5.69 Å². The molecule has 0 saturated carbocycles. The molecule has 10 heteroatoms. The molecule has 0 unspecified atom stereocenters. The summed E-state index contributed by atoms with van der Waals surface area (Å²) in [6.07, 6.45) is 1.11. The third-order valence-electron chi connectivity index (χ3n) is 4.81. The van der Waals surface area contributed by atoms with E-state index in [0.717, 1.165) is 0 Å². The van der Waals surface area contributed by atoms with Gasteiger partial charge < -0.3 is 10.1 Å². The molecule has 0 bridgehead atoms. The Morgan fingerprint density at radius 3 is 2.50 bits per heavy atom. The zero-order chi connectivity index (χ0) is 21.9. The Bertz CT molecular complexity index is 1030. The second-order valence-corrected chi connectivity index (χ2v) is 9.97. The van der Waals surface area contributed by atoms with E-state index in [0.29, 0.717) is 47.5 Å². The van der Waals surface area contributed by atoms with Gasteiger partial charge in [-0.25, -0.2) is 8.42 Å². The number of hydrogen-bond donors (Lipinski definition) is 1. The molecule has 0 radical (unpaired) electrons. The minimum absolute atomic E-state index is 0.0566. The van der Waals surface area contributed by atoms with Crippen LogP contribution in [0.5, 0.6) is 5.75 Å². The number of carbonyl (C=O) groups is 1. The van der Waals surface area contributed by atoms with E-state index < -0.39 is 15.9 Å². The van der Waals surface area contributed by atoms with Crippen molar-refractivity contribution in [3.63, 3.8) is 0 Å². The van der Waals surface area contributed by atoms with E-state index in [-0.39, 0.29) is 22.4 Å². The number of para-hydroxylation sites is 1. The van der Waals surface area contributed by atoms with Crippen LogP contribution >= 0.6 is 34.8 Å². The molecule has 0 aliphatic carbocycles. The molecule has 162 valence electrons. The lowest BCUT2D eigenvalue weighted by Crippen LogP contribution is -2.43. The average Bonchev–Trinajstić information content (AvgIpc) is 2.72. The third-order valence-corrected chi connectivity index (χ3v) is 7.59. The summed E-state index contributed by atoms with van der Waals surface area (Å²) in [7, 11) is -3.81. The Kier molecular flexibility index (Phi) is 7.52. The van der Waals surface area contributed by atoms with Crippen LogP contribution in [0.1, 0.15) is 19.8 Å². The predicted octanol–water partition coefficient (Wildman–Crippen LogP) is 5.08. The third kappa shape index (κ3) is 5.03. The van der Waals surface area contributed by atoms with E-state index in [1.165, 1.54) is 22.5 Å². The summed E-state index contributed by atoms with van der Waals surface area (Å²) in [6, 6.07) is 9.28. The smallest absolute Gasteiger partial charge is 0.243 e.